The van der Waals surface area contributed by atoms with Gasteiger partial charge in [-0.3, -0.25) is 0 Å². The van der Waals surface area contributed by atoms with E-state index in [9.17, 15) is 18.7 Å². The number of carbonyl (C=O) groups excluding carboxylic acids is 1. The Morgan fingerprint density at radius 3 is 2.57 bits per heavy atom. The van der Waals surface area contributed by atoms with Crippen molar-refractivity contribution in [2.45, 2.75) is 6.54 Å². The smallest absolute Gasteiger partial charge is 0.339 e. The summed E-state index contributed by atoms with van der Waals surface area (Å²) in [6, 6.07) is 7.05. The minimum absolute atomic E-state index is 0.0248. The third-order valence-electron chi connectivity index (χ3n) is 2.90. The van der Waals surface area contributed by atoms with E-state index >= 15 is 0 Å². The molecule has 2 aromatic rings. The Morgan fingerprint density at radius 1 is 1.19 bits per heavy atom. The molecule has 0 amide bonds. The average molecular weight is 293 g/mol. The summed E-state index contributed by atoms with van der Waals surface area (Å²) in [7, 11) is 1.22. The molecule has 0 spiro atoms. The molecule has 0 unspecified atom stereocenters. The first kappa shape index (κ1) is 14.8. The Hall–Kier alpha value is -2.63. The van der Waals surface area contributed by atoms with Gasteiger partial charge in [-0.1, -0.05) is 0 Å². The molecule has 0 aromatic heterocycles. The molecule has 6 heteroatoms. The van der Waals surface area contributed by atoms with E-state index in [-0.39, 0.29) is 29.1 Å². The predicted molar refractivity (Wildman–Crippen MR) is 73.1 cm³/mol. The molecule has 0 bridgehead atoms. The molecule has 2 aromatic carbocycles. The highest BCUT2D eigenvalue weighted by atomic mass is 19.1. The van der Waals surface area contributed by atoms with Gasteiger partial charge in [-0.2, -0.15) is 0 Å². The zero-order chi connectivity index (χ0) is 15.4. The van der Waals surface area contributed by atoms with Crippen LogP contribution in [0.4, 0.5) is 14.5 Å². The Bertz CT molecular complexity index is 674. The SMILES string of the molecule is COC(=O)c1ccc(F)cc1NCc1cc(F)ccc1O. The van der Waals surface area contributed by atoms with Crippen molar-refractivity contribution in [1.29, 1.82) is 0 Å². The van der Waals surface area contributed by atoms with Crippen molar-refractivity contribution in [1.82, 2.24) is 0 Å². The summed E-state index contributed by atoms with van der Waals surface area (Å²) < 4.78 is 31.0. The third-order valence-corrected chi connectivity index (χ3v) is 2.90. The molecular formula is C15H13F2NO3. The van der Waals surface area contributed by atoms with Gasteiger partial charge < -0.3 is 15.2 Å². The lowest BCUT2D eigenvalue weighted by Gasteiger charge is -2.12. The van der Waals surface area contributed by atoms with Gasteiger partial charge in [-0.25, -0.2) is 13.6 Å². The predicted octanol–water partition coefficient (Wildman–Crippen LogP) is 3.07. The number of hydrogen-bond donors (Lipinski definition) is 2. The lowest BCUT2D eigenvalue weighted by molar-refractivity contribution is 0.0601. The fourth-order valence-electron chi connectivity index (χ4n) is 1.84. The van der Waals surface area contributed by atoms with Crippen LogP contribution in [-0.4, -0.2) is 18.2 Å². The van der Waals surface area contributed by atoms with Crippen LogP contribution in [0.2, 0.25) is 0 Å². The van der Waals surface area contributed by atoms with E-state index in [1.165, 1.54) is 19.2 Å². The molecule has 110 valence electrons. The second-order valence-corrected chi connectivity index (χ2v) is 4.31. The van der Waals surface area contributed by atoms with Gasteiger partial charge in [-0.15, -0.1) is 0 Å². The molecule has 0 aliphatic heterocycles. The number of hydrogen-bond acceptors (Lipinski definition) is 4. The van der Waals surface area contributed by atoms with Gasteiger partial charge >= 0.3 is 5.97 Å². The number of anilines is 1. The van der Waals surface area contributed by atoms with E-state index in [1.54, 1.807) is 0 Å². The summed E-state index contributed by atoms with van der Waals surface area (Å²) in [6.07, 6.45) is 0. The number of aromatic hydroxyl groups is 1. The molecule has 0 radical (unpaired) electrons. The van der Waals surface area contributed by atoms with Crippen LogP contribution in [0.5, 0.6) is 5.75 Å². The molecule has 0 aliphatic rings. The molecule has 0 heterocycles. The van der Waals surface area contributed by atoms with Gasteiger partial charge in [0, 0.05) is 12.1 Å². The molecule has 2 N–H and O–H groups in total. The minimum Gasteiger partial charge on any atom is -0.508 e. The highest BCUT2D eigenvalue weighted by Gasteiger charge is 2.13. The minimum atomic E-state index is -0.624. The maximum atomic E-state index is 13.3. The quantitative estimate of drug-likeness (QED) is 0.851. The van der Waals surface area contributed by atoms with Gasteiger partial charge in [0.15, 0.2) is 0 Å². The second-order valence-electron chi connectivity index (χ2n) is 4.31. The normalized spacial score (nSPS) is 10.2. The van der Waals surface area contributed by atoms with E-state index in [0.717, 1.165) is 24.3 Å². The van der Waals surface area contributed by atoms with Crippen molar-refractivity contribution in [2.24, 2.45) is 0 Å². The standard InChI is InChI=1S/C15H13F2NO3/c1-21-15(20)12-4-2-11(17)7-13(12)18-8-9-6-10(16)3-5-14(9)19/h2-7,18-19H,8H2,1H3. The number of benzene rings is 2. The lowest BCUT2D eigenvalue weighted by atomic mass is 10.1. The summed E-state index contributed by atoms with van der Waals surface area (Å²) in [6.45, 7) is 0.0248. The van der Waals surface area contributed by atoms with Crippen molar-refractivity contribution in [3.63, 3.8) is 0 Å². The van der Waals surface area contributed by atoms with Crippen molar-refractivity contribution in [3.05, 3.63) is 59.2 Å². The Kier molecular flexibility index (Phi) is 4.37. The van der Waals surface area contributed by atoms with Crippen LogP contribution in [0.15, 0.2) is 36.4 Å². The van der Waals surface area contributed by atoms with E-state index in [0.29, 0.717) is 0 Å². The van der Waals surface area contributed by atoms with Crippen LogP contribution in [0, 0.1) is 11.6 Å². The topological polar surface area (TPSA) is 58.6 Å². The van der Waals surface area contributed by atoms with E-state index in [1.807, 2.05) is 0 Å². The number of esters is 1. The number of carbonyl (C=O) groups is 1. The molecule has 21 heavy (non-hydrogen) atoms. The van der Waals surface area contributed by atoms with Crippen LogP contribution < -0.4 is 5.32 Å². The first-order valence-electron chi connectivity index (χ1n) is 6.10. The van der Waals surface area contributed by atoms with Gasteiger partial charge in [0.2, 0.25) is 0 Å². The summed E-state index contributed by atoms with van der Waals surface area (Å²) in [5.74, 6) is -1.76. The largest absolute Gasteiger partial charge is 0.508 e. The Morgan fingerprint density at radius 2 is 1.86 bits per heavy atom. The molecule has 2 rings (SSSR count). The van der Waals surface area contributed by atoms with Crippen LogP contribution >= 0.6 is 0 Å². The van der Waals surface area contributed by atoms with E-state index in [4.69, 9.17) is 0 Å². The maximum Gasteiger partial charge on any atom is 0.339 e. The summed E-state index contributed by atoms with van der Waals surface area (Å²) in [5.41, 5.74) is 0.635. The molecular weight excluding hydrogens is 280 g/mol. The fraction of sp³-hybridized carbons (Fsp3) is 0.133. The number of nitrogens with one attached hydrogen (secondary N) is 1. The molecule has 0 atom stereocenters. The molecule has 0 saturated heterocycles. The molecule has 0 saturated carbocycles. The molecule has 4 nitrogen and oxygen atoms in total. The number of halogens is 2. The number of methoxy groups -OCH3 is 1. The van der Waals surface area contributed by atoms with Gasteiger partial charge in [0.1, 0.15) is 17.4 Å². The monoisotopic (exact) mass is 293 g/mol. The first-order valence-corrected chi connectivity index (χ1v) is 6.10. The number of phenolic OH excluding ortho intramolecular Hbond substituents is 1. The van der Waals surface area contributed by atoms with Gasteiger partial charge in [0.05, 0.1) is 18.4 Å². The maximum absolute atomic E-state index is 13.3. The number of rotatable bonds is 4. The Balaban J connectivity index is 2.25. The number of ether oxygens (including phenoxy) is 1. The van der Waals surface area contributed by atoms with Crippen molar-refractivity contribution in [2.75, 3.05) is 12.4 Å². The van der Waals surface area contributed by atoms with Crippen LogP contribution in [0.3, 0.4) is 0 Å². The van der Waals surface area contributed by atoms with Crippen molar-refractivity contribution < 1.29 is 23.4 Å². The molecule has 0 aliphatic carbocycles. The third kappa shape index (κ3) is 3.47. The van der Waals surface area contributed by atoms with Gasteiger partial charge in [-0.05, 0) is 36.4 Å². The summed E-state index contributed by atoms with van der Waals surface area (Å²) in [5, 5.41) is 12.4. The zero-order valence-corrected chi connectivity index (χ0v) is 11.2. The Labute approximate surface area is 120 Å². The van der Waals surface area contributed by atoms with Crippen LogP contribution in [-0.2, 0) is 11.3 Å². The van der Waals surface area contributed by atoms with Crippen molar-refractivity contribution in [3.8, 4) is 5.75 Å². The van der Waals surface area contributed by atoms with E-state index in [2.05, 4.69) is 10.1 Å². The zero-order valence-electron chi connectivity index (χ0n) is 11.2. The average Bonchev–Trinajstić information content (AvgIpc) is 2.47. The fourth-order valence-corrected chi connectivity index (χ4v) is 1.84. The van der Waals surface area contributed by atoms with Crippen molar-refractivity contribution >= 4 is 11.7 Å². The lowest BCUT2D eigenvalue weighted by Crippen LogP contribution is -2.09. The molecule has 0 fully saturated rings. The highest BCUT2D eigenvalue weighted by Crippen LogP contribution is 2.22. The summed E-state index contributed by atoms with van der Waals surface area (Å²) in [4.78, 5) is 11.6. The highest BCUT2D eigenvalue weighted by molar-refractivity contribution is 5.95. The van der Waals surface area contributed by atoms with E-state index < -0.39 is 17.6 Å². The van der Waals surface area contributed by atoms with Crippen LogP contribution in [0.1, 0.15) is 15.9 Å². The van der Waals surface area contributed by atoms with Gasteiger partial charge in [0.25, 0.3) is 0 Å². The van der Waals surface area contributed by atoms with Crippen LogP contribution in [0.25, 0.3) is 0 Å². The number of phenols is 1. The second kappa shape index (κ2) is 6.21. The first-order chi connectivity index (χ1) is 10.0. The summed E-state index contributed by atoms with van der Waals surface area (Å²) >= 11 is 0.